The van der Waals surface area contributed by atoms with Gasteiger partial charge < -0.3 is 14.5 Å². The quantitative estimate of drug-likeness (QED) is 0.583. The summed E-state index contributed by atoms with van der Waals surface area (Å²) in [5.41, 5.74) is 2.15. The molecule has 4 heterocycles. The van der Waals surface area contributed by atoms with E-state index in [0.717, 1.165) is 81.3 Å². The van der Waals surface area contributed by atoms with Crippen LogP contribution in [0.15, 0.2) is 30.7 Å². The van der Waals surface area contributed by atoms with E-state index in [1.165, 1.54) is 24.8 Å². The molecule has 2 aromatic heterocycles. The largest absolute Gasteiger partial charge is 0.478 e. The molecule has 3 fully saturated rings. The van der Waals surface area contributed by atoms with Crippen molar-refractivity contribution in [3.63, 3.8) is 0 Å². The number of piperidine rings is 1. The molecule has 2 atom stereocenters. The Labute approximate surface area is 196 Å². The highest BCUT2D eigenvalue weighted by atomic mass is 16.5. The van der Waals surface area contributed by atoms with E-state index < -0.39 is 0 Å². The van der Waals surface area contributed by atoms with E-state index in [9.17, 15) is 4.79 Å². The monoisotopic (exact) mass is 449 g/mol. The smallest absolute Gasteiger partial charge is 0.227 e. The SMILES string of the molecule is CCc1cnc(N2CCC([C@@H]3C[C@H]3CCOc3ccc(CC(=O)N4CCC4)cn3)CC2)nc1. The van der Waals surface area contributed by atoms with Gasteiger partial charge in [-0.3, -0.25) is 4.79 Å². The van der Waals surface area contributed by atoms with Gasteiger partial charge in [0.25, 0.3) is 0 Å². The number of ether oxygens (including phenoxy) is 1. The highest BCUT2D eigenvalue weighted by Crippen LogP contribution is 2.49. The molecule has 33 heavy (non-hydrogen) atoms. The fourth-order valence-corrected chi connectivity index (χ4v) is 5.17. The summed E-state index contributed by atoms with van der Waals surface area (Å²) in [6.07, 6.45) is 13.1. The molecular formula is C26H35N5O2. The third-order valence-electron chi connectivity index (χ3n) is 7.61. The lowest BCUT2D eigenvalue weighted by Gasteiger charge is -2.32. The van der Waals surface area contributed by atoms with Gasteiger partial charge in [-0.1, -0.05) is 13.0 Å². The molecule has 0 unspecified atom stereocenters. The third-order valence-corrected chi connectivity index (χ3v) is 7.61. The number of amides is 1. The fourth-order valence-electron chi connectivity index (χ4n) is 5.17. The summed E-state index contributed by atoms with van der Waals surface area (Å²) in [5.74, 6) is 4.20. The number of aromatic nitrogens is 3. The van der Waals surface area contributed by atoms with E-state index in [1.54, 1.807) is 6.20 Å². The van der Waals surface area contributed by atoms with Gasteiger partial charge in [-0.05, 0) is 67.4 Å². The molecule has 1 saturated carbocycles. The summed E-state index contributed by atoms with van der Waals surface area (Å²) < 4.78 is 5.89. The molecule has 0 radical (unpaired) electrons. The van der Waals surface area contributed by atoms with Crippen LogP contribution in [0.1, 0.15) is 50.2 Å². The van der Waals surface area contributed by atoms with Gasteiger partial charge in [-0.2, -0.15) is 0 Å². The molecule has 3 aliphatic rings. The molecule has 7 heteroatoms. The summed E-state index contributed by atoms with van der Waals surface area (Å²) in [4.78, 5) is 29.8. The number of pyridine rings is 1. The van der Waals surface area contributed by atoms with Crippen LogP contribution in [0.25, 0.3) is 0 Å². The fraction of sp³-hybridized carbons (Fsp3) is 0.615. The van der Waals surface area contributed by atoms with E-state index in [-0.39, 0.29) is 5.91 Å². The minimum absolute atomic E-state index is 0.198. The summed E-state index contributed by atoms with van der Waals surface area (Å²) in [6, 6.07) is 3.86. The molecule has 1 amide bonds. The molecule has 1 aliphatic carbocycles. The van der Waals surface area contributed by atoms with Crippen molar-refractivity contribution in [3.8, 4) is 5.88 Å². The molecule has 2 saturated heterocycles. The Hall–Kier alpha value is -2.70. The van der Waals surface area contributed by atoms with Crippen molar-refractivity contribution < 1.29 is 9.53 Å². The number of likely N-dealkylation sites (tertiary alicyclic amines) is 1. The number of nitrogens with zero attached hydrogens (tertiary/aromatic N) is 5. The first-order chi connectivity index (χ1) is 16.2. The van der Waals surface area contributed by atoms with Gasteiger partial charge in [-0.15, -0.1) is 0 Å². The molecule has 0 bridgehead atoms. The van der Waals surface area contributed by atoms with Crippen molar-refractivity contribution in [2.75, 3.05) is 37.7 Å². The van der Waals surface area contributed by atoms with Crippen LogP contribution in [0.4, 0.5) is 5.95 Å². The van der Waals surface area contributed by atoms with Crippen LogP contribution in [0.3, 0.4) is 0 Å². The van der Waals surface area contributed by atoms with Crippen LogP contribution < -0.4 is 9.64 Å². The normalized spacial score (nSPS) is 22.7. The first-order valence-corrected chi connectivity index (χ1v) is 12.6. The molecule has 7 nitrogen and oxygen atoms in total. The van der Waals surface area contributed by atoms with Gasteiger partial charge in [0.2, 0.25) is 17.7 Å². The molecule has 0 N–H and O–H groups in total. The van der Waals surface area contributed by atoms with Crippen LogP contribution in [-0.2, 0) is 17.6 Å². The number of hydrogen-bond donors (Lipinski definition) is 0. The molecular weight excluding hydrogens is 414 g/mol. The zero-order valence-corrected chi connectivity index (χ0v) is 19.7. The average molecular weight is 450 g/mol. The van der Waals surface area contributed by atoms with E-state index in [0.29, 0.717) is 12.3 Å². The van der Waals surface area contributed by atoms with Gasteiger partial charge >= 0.3 is 0 Å². The number of anilines is 1. The lowest BCUT2D eigenvalue weighted by atomic mass is 9.90. The predicted octanol–water partition coefficient (Wildman–Crippen LogP) is 3.53. The molecule has 0 spiro atoms. The number of aryl methyl sites for hydroxylation is 1. The number of carbonyl (C=O) groups is 1. The highest BCUT2D eigenvalue weighted by Gasteiger charge is 2.43. The van der Waals surface area contributed by atoms with E-state index in [4.69, 9.17) is 4.74 Å². The van der Waals surface area contributed by atoms with Crippen LogP contribution in [0.5, 0.6) is 5.88 Å². The minimum atomic E-state index is 0.198. The number of hydrogen-bond acceptors (Lipinski definition) is 6. The van der Waals surface area contributed by atoms with Crippen LogP contribution >= 0.6 is 0 Å². The van der Waals surface area contributed by atoms with Crippen molar-refractivity contribution in [2.45, 2.75) is 51.9 Å². The van der Waals surface area contributed by atoms with Crippen molar-refractivity contribution >= 4 is 11.9 Å². The van der Waals surface area contributed by atoms with Crippen molar-refractivity contribution in [3.05, 3.63) is 41.9 Å². The van der Waals surface area contributed by atoms with Gasteiger partial charge in [0, 0.05) is 50.8 Å². The van der Waals surface area contributed by atoms with Crippen LogP contribution in [-0.4, -0.2) is 58.5 Å². The van der Waals surface area contributed by atoms with Crippen molar-refractivity contribution in [1.29, 1.82) is 0 Å². The Morgan fingerprint density at radius 1 is 1.03 bits per heavy atom. The second kappa shape index (κ2) is 10.1. The zero-order valence-electron chi connectivity index (χ0n) is 19.7. The van der Waals surface area contributed by atoms with Crippen molar-refractivity contribution in [1.82, 2.24) is 19.9 Å². The summed E-state index contributed by atoms with van der Waals surface area (Å²) in [6.45, 7) is 6.77. The maximum Gasteiger partial charge on any atom is 0.227 e. The van der Waals surface area contributed by atoms with Gasteiger partial charge in [0.05, 0.1) is 13.0 Å². The van der Waals surface area contributed by atoms with Crippen molar-refractivity contribution in [2.24, 2.45) is 17.8 Å². The Bertz CT molecular complexity index is 921. The second-order valence-corrected chi connectivity index (χ2v) is 9.78. The lowest BCUT2D eigenvalue weighted by Crippen LogP contribution is -2.42. The Morgan fingerprint density at radius 2 is 1.79 bits per heavy atom. The maximum absolute atomic E-state index is 12.1. The van der Waals surface area contributed by atoms with Crippen LogP contribution in [0.2, 0.25) is 0 Å². The van der Waals surface area contributed by atoms with E-state index in [1.807, 2.05) is 29.4 Å². The topological polar surface area (TPSA) is 71.5 Å². The number of rotatable bonds is 9. The maximum atomic E-state index is 12.1. The molecule has 5 rings (SSSR count). The average Bonchev–Trinajstić information content (AvgIpc) is 3.59. The van der Waals surface area contributed by atoms with Gasteiger partial charge in [-0.25, -0.2) is 15.0 Å². The number of carbonyl (C=O) groups excluding carboxylic acids is 1. The summed E-state index contributed by atoms with van der Waals surface area (Å²) >= 11 is 0. The first-order valence-electron chi connectivity index (χ1n) is 12.6. The third kappa shape index (κ3) is 5.45. The molecule has 176 valence electrons. The Balaban J connectivity index is 0.994. The Kier molecular flexibility index (Phi) is 6.74. The van der Waals surface area contributed by atoms with Crippen LogP contribution in [0, 0.1) is 17.8 Å². The first kappa shape index (κ1) is 22.1. The molecule has 0 aromatic carbocycles. The minimum Gasteiger partial charge on any atom is -0.478 e. The highest BCUT2D eigenvalue weighted by molar-refractivity contribution is 5.79. The Morgan fingerprint density at radius 3 is 2.42 bits per heavy atom. The van der Waals surface area contributed by atoms with E-state index >= 15 is 0 Å². The molecule has 2 aliphatic heterocycles. The zero-order chi connectivity index (χ0) is 22.6. The van der Waals surface area contributed by atoms with E-state index in [2.05, 4.69) is 26.8 Å². The second-order valence-electron chi connectivity index (χ2n) is 9.78. The lowest BCUT2D eigenvalue weighted by molar-refractivity contribution is -0.133. The summed E-state index contributed by atoms with van der Waals surface area (Å²) in [5, 5.41) is 0. The predicted molar refractivity (Wildman–Crippen MR) is 127 cm³/mol. The summed E-state index contributed by atoms with van der Waals surface area (Å²) in [7, 11) is 0. The van der Waals surface area contributed by atoms with Gasteiger partial charge in [0.15, 0.2) is 0 Å². The standard InChI is InChI=1S/C26H35N5O2/c1-2-19-16-28-26(29-17-19)31-11-6-21(7-12-31)23-15-22(23)8-13-33-24-5-4-20(18-27-24)14-25(32)30-9-3-10-30/h4-5,16-18,21-23H,2-3,6-15H2,1H3/t22-,23+/m1/s1. The molecule has 2 aromatic rings. The van der Waals surface area contributed by atoms with Gasteiger partial charge in [0.1, 0.15) is 0 Å².